The fourth-order valence-electron chi connectivity index (χ4n) is 5.99. The van der Waals surface area contributed by atoms with Crippen molar-refractivity contribution in [1.29, 1.82) is 0 Å². The highest BCUT2D eigenvalue weighted by molar-refractivity contribution is 5.76. The number of amides is 2. The standard InChI is InChI=1S/C22H43NO.C19H39NO2/c1-2-3-4-5-6-7-8-9-10-11-12-13-14-15-16-17-18-19-20-21-22(23)24;1-2-3-4-5-6-7-8-9-10-11-12-13-14-15-16-18(17-21)19(20)22/h9-10H,2-8,11-21H2,1H3,(H2,23,24);18,21H,2-17H2,1H3,(H2,20,22)/b10-9-;. The molecule has 5 nitrogen and oxygen atoms in total. The number of allylic oxidation sites excluding steroid dienone is 2. The van der Waals surface area contributed by atoms with Gasteiger partial charge in [-0.25, -0.2) is 0 Å². The Morgan fingerprint density at radius 2 is 0.783 bits per heavy atom. The fraction of sp³-hybridized carbons (Fsp3) is 0.902. The van der Waals surface area contributed by atoms with Gasteiger partial charge in [0.25, 0.3) is 0 Å². The van der Waals surface area contributed by atoms with Crippen LogP contribution in [0.1, 0.15) is 226 Å². The second kappa shape index (κ2) is 41.7. The predicted molar refractivity (Wildman–Crippen MR) is 202 cm³/mol. The number of aliphatic hydroxyl groups excluding tert-OH is 1. The van der Waals surface area contributed by atoms with E-state index in [1.165, 1.54) is 173 Å². The summed E-state index contributed by atoms with van der Waals surface area (Å²) in [7, 11) is 0. The minimum Gasteiger partial charge on any atom is -0.396 e. The largest absolute Gasteiger partial charge is 0.396 e. The van der Waals surface area contributed by atoms with Crippen LogP contribution in [0.15, 0.2) is 12.2 Å². The lowest BCUT2D eigenvalue weighted by molar-refractivity contribution is -0.123. The summed E-state index contributed by atoms with van der Waals surface area (Å²) in [5, 5.41) is 9.00. The maximum atomic E-state index is 11.0. The van der Waals surface area contributed by atoms with Gasteiger partial charge in [-0.1, -0.05) is 193 Å². The van der Waals surface area contributed by atoms with E-state index in [0.29, 0.717) is 6.42 Å². The molecule has 0 aliphatic rings. The van der Waals surface area contributed by atoms with Crippen LogP contribution in [0.5, 0.6) is 0 Å². The van der Waals surface area contributed by atoms with E-state index in [4.69, 9.17) is 16.6 Å². The molecule has 0 aromatic heterocycles. The Bertz CT molecular complexity index is 637. The van der Waals surface area contributed by atoms with Gasteiger partial charge in [0.15, 0.2) is 0 Å². The van der Waals surface area contributed by atoms with E-state index >= 15 is 0 Å². The number of unbranched alkanes of at least 4 members (excludes halogenated alkanes) is 28. The van der Waals surface area contributed by atoms with Gasteiger partial charge < -0.3 is 16.6 Å². The smallest absolute Gasteiger partial charge is 0.222 e. The average Bonchev–Trinajstić information content (AvgIpc) is 3.04. The molecule has 1 unspecified atom stereocenters. The summed E-state index contributed by atoms with van der Waals surface area (Å²) < 4.78 is 0. The van der Waals surface area contributed by atoms with Crippen LogP contribution in [-0.2, 0) is 9.59 Å². The molecule has 0 bridgehead atoms. The third-order valence-electron chi connectivity index (χ3n) is 9.21. The number of primary amides is 2. The first-order valence-corrected chi connectivity index (χ1v) is 20.3. The lowest BCUT2D eigenvalue weighted by Crippen LogP contribution is -2.26. The number of carbonyl (C=O) groups is 2. The van der Waals surface area contributed by atoms with Crippen molar-refractivity contribution in [2.45, 2.75) is 226 Å². The highest BCUT2D eigenvalue weighted by atomic mass is 16.3. The zero-order valence-electron chi connectivity index (χ0n) is 31.2. The first-order chi connectivity index (χ1) is 22.5. The average molecular weight is 651 g/mol. The van der Waals surface area contributed by atoms with Crippen molar-refractivity contribution in [2.75, 3.05) is 6.61 Å². The van der Waals surface area contributed by atoms with Gasteiger partial charge in [0.1, 0.15) is 0 Å². The van der Waals surface area contributed by atoms with E-state index in [1.54, 1.807) is 0 Å². The van der Waals surface area contributed by atoms with Gasteiger partial charge in [0, 0.05) is 6.42 Å². The lowest BCUT2D eigenvalue weighted by atomic mass is 10.00. The van der Waals surface area contributed by atoms with Crippen molar-refractivity contribution >= 4 is 11.8 Å². The summed E-state index contributed by atoms with van der Waals surface area (Å²) in [5.74, 6) is -0.856. The Balaban J connectivity index is 0. The fourth-order valence-corrected chi connectivity index (χ4v) is 5.99. The van der Waals surface area contributed by atoms with Crippen LogP contribution in [0.3, 0.4) is 0 Å². The van der Waals surface area contributed by atoms with Crippen LogP contribution >= 0.6 is 0 Å². The number of hydrogen-bond acceptors (Lipinski definition) is 3. The molecule has 46 heavy (non-hydrogen) atoms. The molecule has 0 saturated heterocycles. The Kier molecular flexibility index (Phi) is 42.3. The third kappa shape index (κ3) is 42.6. The first-order valence-electron chi connectivity index (χ1n) is 20.3. The number of nitrogens with two attached hydrogens (primary N) is 2. The van der Waals surface area contributed by atoms with E-state index in [1.807, 2.05) is 0 Å². The molecular formula is C41H82N2O3. The van der Waals surface area contributed by atoms with Crippen molar-refractivity contribution in [3.05, 3.63) is 12.2 Å². The quantitative estimate of drug-likeness (QED) is 0.0464. The van der Waals surface area contributed by atoms with Gasteiger partial charge in [0.05, 0.1) is 12.5 Å². The van der Waals surface area contributed by atoms with Gasteiger partial charge in [-0.05, 0) is 38.5 Å². The van der Waals surface area contributed by atoms with Crippen molar-refractivity contribution in [2.24, 2.45) is 17.4 Å². The third-order valence-corrected chi connectivity index (χ3v) is 9.21. The number of aliphatic hydroxyl groups is 1. The summed E-state index contributed by atoms with van der Waals surface area (Å²) in [6.07, 6.45) is 47.2. The van der Waals surface area contributed by atoms with E-state index in [9.17, 15) is 9.59 Å². The van der Waals surface area contributed by atoms with E-state index in [0.717, 1.165) is 32.1 Å². The number of hydrogen-bond donors (Lipinski definition) is 3. The van der Waals surface area contributed by atoms with Gasteiger partial charge in [0.2, 0.25) is 11.8 Å². The number of carbonyl (C=O) groups excluding carboxylic acids is 2. The zero-order valence-corrected chi connectivity index (χ0v) is 31.2. The molecule has 0 fully saturated rings. The van der Waals surface area contributed by atoms with Crippen LogP contribution < -0.4 is 11.5 Å². The second-order valence-corrected chi connectivity index (χ2v) is 13.9. The normalized spacial score (nSPS) is 11.9. The molecule has 0 spiro atoms. The second-order valence-electron chi connectivity index (χ2n) is 13.9. The van der Waals surface area contributed by atoms with Crippen LogP contribution in [0.25, 0.3) is 0 Å². The van der Waals surface area contributed by atoms with Crippen molar-refractivity contribution in [3.8, 4) is 0 Å². The number of rotatable bonds is 36. The summed E-state index contributed by atoms with van der Waals surface area (Å²) in [6, 6.07) is 0. The van der Waals surface area contributed by atoms with Crippen molar-refractivity contribution in [3.63, 3.8) is 0 Å². The Morgan fingerprint density at radius 3 is 1.09 bits per heavy atom. The Morgan fingerprint density at radius 1 is 0.478 bits per heavy atom. The van der Waals surface area contributed by atoms with Crippen LogP contribution in [-0.4, -0.2) is 23.5 Å². The molecule has 0 aromatic rings. The molecule has 0 heterocycles. The van der Waals surface area contributed by atoms with Gasteiger partial charge >= 0.3 is 0 Å². The monoisotopic (exact) mass is 651 g/mol. The topological polar surface area (TPSA) is 106 Å². The molecule has 0 aromatic carbocycles. The predicted octanol–water partition coefficient (Wildman–Crippen LogP) is 12.0. The summed E-state index contributed by atoms with van der Waals surface area (Å²) in [5.41, 5.74) is 10.3. The van der Waals surface area contributed by atoms with Gasteiger partial charge in [-0.2, -0.15) is 0 Å². The van der Waals surface area contributed by atoms with Gasteiger partial charge in [-0.3, -0.25) is 9.59 Å². The van der Waals surface area contributed by atoms with E-state index < -0.39 is 0 Å². The summed E-state index contributed by atoms with van der Waals surface area (Å²) in [6.45, 7) is 4.44. The molecule has 1 atom stereocenters. The zero-order chi connectivity index (χ0) is 34.2. The Hall–Kier alpha value is -1.36. The molecule has 0 aliphatic heterocycles. The van der Waals surface area contributed by atoms with Crippen LogP contribution in [0.2, 0.25) is 0 Å². The Labute approximate surface area is 287 Å². The molecule has 0 radical (unpaired) electrons. The lowest BCUT2D eigenvalue weighted by Gasteiger charge is -2.09. The SMILES string of the molecule is CCCCCCCC/C=C\CCCCCCCCCCCC(N)=O.CCCCCCCCCCCCCCCCC(CO)C(N)=O. The summed E-state index contributed by atoms with van der Waals surface area (Å²) in [4.78, 5) is 21.6. The first kappa shape index (κ1) is 46.8. The molecule has 274 valence electrons. The maximum Gasteiger partial charge on any atom is 0.222 e. The van der Waals surface area contributed by atoms with Crippen LogP contribution in [0.4, 0.5) is 0 Å². The molecular weight excluding hydrogens is 568 g/mol. The minimum absolute atomic E-state index is 0.103. The molecule has 5 heteroatoms. The maximum absolute atomic E-state index is 11.0. The molecule has 0 aliphatic carbocycles. The summed E-state index contributed by atoms with van der Waals surface area (Å²) >= 11 is 0. The van der Waals surface area contributed by atoms with Gasteiger partial charge in [-0.15, -0.1) is 0 Å². The molecule has 0 saturated carbocycles. The van der Waals surface area contributed by atoms with E-state index in [-0.39, 0.29) is 24.3 Å². The molecule has 0 rings (SSSR count). The van der Waals surface area contributed by atoms with Crippen LogP contribution in [0, 0.1) is 5.92 Å². The highest BCUT2D eigenvalue weighted by Gasteiger charge is 2.12. The molecule has 5 N–H and O–H groups in total. The minimum atomic E-state index is -0.364. The highest BCUT2D eigenvalue weighted by Crippen LogP contribution is 2.15. The van der Waals surface area contributed by atoms with Crippen molar-refractivity contribution < 1.29 is 14.7 Å². The van der Waals surface area contributed by atoms with Crippen molar-refractivity contribution in [1.82, 2.24) is 0 Å². The molecule has 2 amide bonds. The van der Waals surface area contributed by atoms with E-state index in [2.05, 4.69) is 26.0 Å².